The first kappa shape index (κ1) is 25.0. The Morgan fingerprint density at radius 3 is 1.78 bits per heavy atom. The number of aromatic nitrogens is 2. The SMILES string of the molecule is CSC1=C(SC)SC(=C2SC(SCc3cccc[n+]3[O-])=C(SCc3cccc[n+]3O)S2)S1. The Kier molecular flexibility index (Phi) is 9.43. The van der Waals surface area contributed by atoms with Crippen LogP contribution in [-0.4, -0.2) is 17.7 Å². The molecule has 4 nitrogen and oxygen atoms in total. The molecular weight excluding hydrogens is 557 g/mol. The van der Waals surface area contributed by atoms with Crippen molar-refractivity contribution in [2.45, 2.75) is 11.5 Å². The molecule has 2 aromatic rings. The minimum atomic E-state index is 0.621. The van der Waals surface area contributed by atoms with Gasteiger partial charge in [-0.15, -0.1) is 47.0 Å². The molecule has 1 N–H and O–H groups in total. The molecule has 2 aliphatic rings. The highest BCUT2D eigenvalue weighted by Gasteiger charge is 2.31. The number of nitrogens with zero attached hydrogens (tertiary/aromatic N) is 2. The molecule has 12 heteroatoms. The number of thioether (sulfide) groups is 8. The summed E-state index contributed by atoms with van der Waals surface area (Å²) in [6.45, 7) is 0. The molecule has 0 spiro atoms. The molecule has 0 saturated carbocycles. The Morgan fingerprint density at radius 1 is 0.750 bits per heavy atom. The summed E-state index contributed by atoms with van der Waals surface area (Å²) in [6, 6.07) is 11.2. The van der Waals surface area contributed by atoms with Crippen LogP contribution in [0.1, 0.15) is 11.4 Å². The van der Waals surface area contributed by atoms with E-state index in [1.807, 2.05) is 65.6 Å². The van der Waals surface area contributed by atoms with Crippen molar-refractivity contribution in [2.24, 2.45) is 0 Å². The molecule has 0 fully saturated rings. The Morgan fingerprint density at radius 2 is 1.25 bits per heavy atom. The average Bonchev–Trinajstić information content (AvgIpc) is 3.41. The maximum absolute atomic E-state index is 12.1. The lowest BCUT2D eigenvalue weighted by Crippen LogP contribution is -2.33. The van der Waals surface area contributed by atoms with Crippen molar-refractivity contribution in [1.29, 1.82) is 0 Å². The summed E-state index contributed by atoms with van der Waals surface area (Å²) in [7, 11) is 0. The standard InChI is InChI=1S/C20H19N2O2S8/c1-25-15-16(26-2)30-19(29-15)20-31-17(27-11-13-7-3-5-9-21(13)23)18(32-20)28-12-14-8-4-6-10-22(14)24/h3-10,23H,11-12H2,1-2H3/q+1. The molecule has 0 saturated heterocycles. The van der Waals surface area contributed by atoms with Crippen LogP contribution in [0.15, 0.2) is 74.2 Å². The number of rotatable bonds is 8. The van der Waals surface area contributed by atoms with Crippen LogP contribution in [0, 0.1) is 5.21 Å². The number of hydrogen-bond donors (Lipinski definition) is 1. The molecule has 0 unspecified atom stereocenters. The van der Waals surface area contributed by atoms with E-state index in [2.05, 4.69) is 12.5 Å². The third kappa shape index (κ3) is 6.12. The lowest BCUT2D eigenvalue weighted by atomic mass is 10.4. The summed E-state index contributed by atoms with van der Waals surface area (Å²) in [6.07, 6.45) is 7.46. The average molecular weight is 576 g/mol. The molecule has 0 aromatic carbocycles. The lowest BCUT2D eigenvalue weighted by Gasteiger charge is -2.05. The fourth-order valence-corrected chi connectivity index (χ4v) is 13.7. The van der Waals surface area contributed by atoms with E-state index in [1.54, 1.807) is 77.3 Å². The van der Waals surface area contributed by atoms with Crippen LogP contribution < -0.4 is 9.46 Å². The topological polar surface area (TPSA) is 51.0 Å². The van der Waals surface area contributed by atoms with E-state index in [-0.39, 0.29) is 0 Å². The van der Waals surface area contributed by atoms with Gasteiger partial charge in [0.25, 0.3) is 0 Å². The zero-order valence-electron chi connectivity index (χ0n) is 17.0. The molecule has 4 rings (SSSR count). The molecule has 4 heterocycles. The second kappa shape index (κ2) is 12.1. The van der Waals surface area contributed by atoms with Crippen LogP contribution in [0.4, 0.5) is 0 Å². The molecule has 0 radical (unpaired) electrons. The van der Waals surface area contributed by atoms with Crippen molar-refractivity contribution < 1.29 is 14.7 Å². The zero-order chi connectivity index (χ0) is 22.5. The highest BCUT2D eigenvalue weighted by molar-refractivity contribution is 8.44. The highest BCUT2D eigenvalue weighted by atomic mass is 32.3. The van der Waals surface area contributed by atoms with Gasteiger partial charge in [0.05, 0.1) is 36.9 Å². The largest absolute Gasteiger partial charge is 0.618 e. The third-order valence-electron chi connectivity index (χ3n) is 4.14. The van der Waals surface area contributed by atoms with Gasteiger partial charge in [-0.3, -0.25) is 5.21 Å². The Balaban J connectivity index is 1.53. The number of hydrogen-bond acceptors (Lipinski definition) is 10. The fraction of sp³-hybridized carbons (Fsp3) is 0.200. The van der Waals surface area contributed by atoms with E-state index in [4.69, 9.17) is 0 Å². The van der Waals surface area contributed by atoms with Crippen molar-refractivity contribution in [2.75, 3.05) is 12.5 Å². The third-order valence-corrected chi connectivity index (χ3v) is 15.5. The van der Waals surface area contributed by atoms with Crippen LogP contribution in [0.3, 0.4) is 0 Å². The summed E-state index contributed by atoms with van der Waals surface area (Å²) in [5.41, 5.74) is 1.60. The fourth-order valence-electron chi connectivity index (χ4n) is 2.58. The van der Waals surface area contributed by atoms with Gasteiger partial charge < -0.3 is 5.21 Å². The summed E-state index contributed by atoms with van der Waals surface area (Å²) in [5, 5.41) is 22.2. The van der Waals surface area contributed by atoms with E-state index in [0.29, 0.717) is 11.5 Å². The summed E-state index contributed by atoms with van der Waals surface area (Å²) in [5.74, 6) is 1.29. The minimum Gasteiger partial charge on any atom is -0.618 e. The molecule has 168 valence electrons. The van der Waals surface area contributed by atoms with Gasteiger partial charge in [-0.2, -0.15) is 4.73 Å². The van der Waals surface area contributed by atoms with Gasteiger partial charge in [0.15, 0.2) is 6.20 Å². The molecule has 32 heavy (non-hydrogen) atoms. The van der Waals surface area contributed by atoms with Gasteiger partial charge in [-0.25, -0.2) is 0 Å². The predicted octanol–water partition coefficient (Wildman–Crippen LogP) is 7.08. The van der Waals surface area contributed by atoms with Gasteiger partial charge in [-0.05, 0) is 24.6 Å². The molecular formula is C20H19N2O2S8+. The summed E-state index contributed by atoms with van der Waals surface area (Å²) in [4.78, 5) is 0. The van der Waals surface area contributed by atoms with Crippen molar-refractivity contribution in [3.8, 4) is 0 Å². The quantitative estimate of drug-likeness (QED) is 0.201. The van der Waals surface area contributed by atoms with Crippen LogP contribution >= 0.6 is 94.1 Å². The van der Waals surface area contributed by atoms with Crippen LogP contribution in [-0.2, 0) is 11.5 Å². The smallest absolute Gasteiger partial charge is 0.244 e. The van der Waals surface area contributed by atoms with Crippen molar-refractivity contribution in [1.82, 2.24) is 0 Å². The summed E-state index contributed by atoms with van der Waals surface area (Å²) < 4.78 is 9.92. The van der Waals surface area contributed by atoms with Gasteiger partial charge >= 0.3 is 0 Å². The normalized spacial score (nSPS) is 16.6. The molecule has 0 aliphatic carbocycles. The predicted molar refractivity (Wildman–Crippen MR) is 150 cm³/mol. The second-order valence-electron chi connectivity index (χ2n) is 6.17. The van der Waals surface area contributed by atoms with Gasteiger partial charge in [0, 0.05) is 29.0 Å². The van der Waals surface area contributed by atoms with Gasteiger partial charge in [-0.1, -0.05) is 47.0 Å². The molecule has 0 atom stereocenters. The van der Waals surface area contributed by atoms with E-state index in [1.165, 1.54) is 30.2 Å². The van der Waals surface area contributed by atoms with Crippen molar-refractivity contribution in [3.05, 3.63) is 90.8 Å². The van der Waals surface area contributed by atoms with Crippen LogP contribution in [0.25, 0.3) is 0 Å². The Labute approximate surface area is 221 Å². The molecule has 2 aliphatic heterocycles. The Hall–Kier alpha value is -0.0800. The lowest BCUT2D eigenvalue weighted by molar-refractivity contribution is -0.909. The molecule has 0 amide bonds. The van der Waals surface area contributed by atoms with E-state index < -0.39 is 0 Å². The minimum absolute atomic E-state index is 0.621. The molecule has 2 aromatic heterocycles. The Bertz CT molecular complexity index is 1020. The maximum Gasteiger partial charge on any atom is 0.244 e. The van der Waals surface area contributed by atoms with Crippen LogP contribution in [0.2, 0.25) is 0 Å². The first-order valence-corrected chi connectivity index (χ1v) is 16.9. The first-order chi connectivity index (χ1) is 15.6. The van der Waals surface area contributed by atoms with E-state index in [0.717, 1.165) is 16.1 Å². The van der Waals surface area contributed by atoms with E-state index >= 15 is 0 Å². The highest BCUT2D eigenvalue weighted by Crippen LogP contribution is 2.66. The van der Waals surface area contributed by atoms with Crippen molar-refractivity contribution >= 4 is 94.1 Å². The van der Waals surface area contributed by atoms with Gasteiger partial charge in [0.1, 0.15) is 0 Å². The zero-order valence-corrected chi connectivity index (χ0v) is 23.6. The van der Waals surface area contributed by atoms with Crippen LogP contribution in [0.5, 0.6) is 0 Å². The van der Waals surface area contributed by atoms with Crippen molar-refractivity contribution in [3.63, 3.8) is 0 Å². The monoisotopic (exact) mass is 575 g/mol. The van der Waals surface area contributed by atoms with Gasteiger partial charge in [0.2, 0.25) is 17.6 Å². The first-order valence-electron chi connectivity index (χ1n) is 9.22. The number of pyridine rings is 2. The maximum atomic E-state index is 12.1. The molecule has 0 bridgehead atoms. The summed E-state index contributed by atoms with van der Waals surface area (Å²) >= 11 is 14.4. The van der Waals surface area contributed by atoms with E-state index in [9.17, 15) is 10.4 Å². The second-order valence-corrected chi connectivity index (χ2v) is 15.4.